The zero-order chi connectivity index (χ0) is 12.5. The smallest absolute Gasteiger partial charge is 0.151 e. The van der Waals surface area contributed by atoms with Crippen LogP contribution < -0.4 is 0 Å². The Morgan fingerprint density at radius 1 is 0.722 bits per heavy atom. The molecule has 0 N–H and O–H groups in total. The van der Waals surface area contributed by atoms with Crippen molar-refractivity contribution in [3.63, 3.8) is 0 Å². The van der Waals surface area contributed by atoms with E-state index >= 15 is 0 Å². The highest BCUT2D eigenvalue weighted by atomic mass is 16.1. The second-order valence-corrected chi connectivity index (χ2v) is 4.23. The first-order valence-electron chi connectivity index (χ1n) is 5.69. The Morgan fingerprint density at radius 2 is 1.50 bits per heavy atom. The van der Waals surface area contributed by atoms with Gasteiger partial charge in [-0.3, -0.25) is 9.59 Å². The van der Waals surface area contributed by atoms with E-state index in [1.807, 2.05) is 42.5 Å². The van der Waals surface area contributed by atoms with Crippen LogP contribution in [-0.4, -0.2) is 12.6 Å². The number of hydrogen-bond acceptors (Lipinski definition) is 2. The largest absolute Gasteiger partial charge is 0.298 e. The summed E-state index contributed by atoms with van der Waals surface area (Å²) in [6.07, 6.45) is 1.69. The molecule has 18 heavy (non-hydrogen) atoms. The van der Waals surface area contributed by atoms with E-state index in [-0.39, 0.29) is 0 Å². The molecule has 3 aromatic carbocycles. The Morgan fingerprint density at radius 3 is 2.28 bits per heavy atom. The first-order valence-corrected chi connectivity index (χ1v) is 5.69. The van der Waals surface area contributed by atoms with Gasteiger partial charge in [0.2, 0.25) is 0 Å². The average Bonchev–Trinajstić information content (AvgIpc) is 2.44. The van der Waals surface area contributed by atoms with Gasteiger partial charge >= 0.3 is 0 Å². The molecule has 0 aromatic heterocycles. The third kappa shape index (κ3) is 1.51. The monoisotopic (exact) mass is 234 g/mol. The summed E-state index contributed by atoms with van der Waals surface area (Å²) in [6, 6.07) is 15.1. The summed E-state index contributed by atoms with van der Waals surface area (Å²) < 4.78 is 0. The summed E-state index contributed by atoms with van der Waals surface area (Å²) in [5, 5.41) is 3.75. The van der Waals surface area contributed by atoms with Gasteiger partial charge in [0.1, 0.15) is 6.29 Å². The predicted octanol–water partition coefficient (Wildman–Crippen LogP) is 3.62. The van der Waals surface area contributed by atoms with Gasteiger partial charge in [-0.05, 0) is 33.7 Å². The Kier molecular flexibility index (Phi) is 2.41. The van der Waals surface area contributed by atoms with Crippen molar-refractivity contribution in [2.45, 2.75) is 0 Å². The highest BCUT2D eigenvalue weighted by molar-refractivity contribution is 6.12. The first-order chi connectivity index (χ1) is 8.83. The summed E-state index contributed by atoms with van der Waals surface area (Å²) in [4.78, 5) is 22.1. The quantitative estimate of drug-likeness (QED) is 0.501. The molecule has 0 heterocycles. The van der Waals surface area contributed by atoms with Crippen LogP contribution in [0.25, 0.3) is 21.5 Å². The molecule has 0 aliphatic carbocycles. The molecule has 3 rings (SSSR count). The molecule has 0 saturated heterocycles. The van der Waals surface area contributed by atoms with Crippen molar-refractivity contribution in [3.8, 4) is 0 Å². The number of carbonyl (C=O) groups is 2. The average molecular weight is 234 g/mol. The summed E-state index contributed by atoms with van der Waals surface area (Å²) >= 11 is 0. The van der Waals surface area contributed by atoms with Crippen LogP contribution in [0, 0.1) is 0 Å². The minimum Gasteiger partial charge on any atom is -0.298 e. The molecule has 2 heteroatoms. The van der Waals surface area contributed by atoms with Gasteiger partial charge in [-0.15, -0.1) is 0 Å². The summed E-state index contributed by atoms with van der Waals surface area (Å²) in [5.74, 6) is 0. The number of hydrogen-bond donors (Lipinski definition) is 0. The van der Waals surface area contributed by atoms with Crippen LogP contribution in [0.4, 0.5) is 0 Å². The molecular formula is C16H10O2. The Balaban J connectivity index is 2.52. The molecule has 0 aliphatic heterocycles. The number of benzene rings is 3. The third-order valence-electron chi connectivity index (χ3n) is 3.18. The molecule has 0 saturated carbocycles. The molecular weight excluding hydrogens is 224 g/mol. The zero-order valence-corrected chi connectivity index (χ0v) is 9.59. The van der Waals surface area contributed by atoms with Crippen LogP contribution in [0.1, 0.15) is 20.7 Å². The van der Waals surface area contributed by atoms with Crippen LogP contribution in [0.5, 0.6) is 0 Å². The minimum absolute atomic E-state index is 0.620. The Bertz CT molecular complexity index is 772. The van der Waals surface area contributed by atoms with Gasteiger partial charge in [-0.1, -0.05) is 36.4 Å². The van der Waals surface area contributed by atoms with Crippen molar-refractivity contribution in [1.29, 1.82) is 0 Å². The minimum atomic E-state index is 0.620. The van der Waals surface area contributed by atoms with E-state index < -0.39 is 0 Å². The van der Waals surface area contributed by atoms with E-state index in [1.54, 1.807) is 6.07 Å². The van der Waals surface area contributed by atoms with E-state index in [4.69, 9.17) is 0 Å². The molecule has 0 aliphatic rings. The van der Waals surface area contributed by atoms with Crippen molar-refractivity contribution >= 4 is 34.1 Å². The van der Waals surface area contributed by atoms with Crippen LogP contribution in [-0.2, 0) is 0 Å². The van der Waals surface area contributed by atoms with Gasteiger partial charge in [0.15, 0.2) is 6.29 Å². The number of rotatable bonds is 2. The lowest BCUT2D eigenvalue weighted by atomic mass is 9.96. The molecule has 0 atom stereocenters. The maximum Gasteiger partial charge on any atom is 0.151 e. The molecule has 86 valence electrons. The van der Waals surface area contributed by atoms with Crippen molar-refractivity contribution in [2.24, 2.45) is 0 Å². The fourth-order valence-electron chi connectivity index (χ4n) is 2.33. The lowest BCUT2D eigenvalue weighted by molar-refractivity contribution is 0.111. The van der Waals surface area contributed by atoms with Gasteiger partial charge < -0.3 is 0 Å². The van der Waals surface area contributed by atoms with Gasteiger partial charge in [0.25, 0.3) is 0 Å². The normalized spacial score (nSPS) is 10.7. The fraction of sp³-hybridized carbons (Fsp3) is 0. The Labute approximate surface area is 104 Å². The van der Waals surface area contributed by atoms with E-state index in [2.05, 4.69) is 0 Å². The van der Waals surface area contributed by atoms with E-state index in [9.17, 15) is 9.59 Å². The van der Waals surface area contributed by atoms with E-state index in [0.717, 1.165) is 34.1 Å². The standard InChI is InChI=1S/C16H10O2/c17-9-11-5-6-15-13(7-11)8-12-3-1-2-4-14(12)16(15)10-18/h1-10H. The first kappa shape index (κ1) is 10.7. The zero-order valence-electron chi connectivity index (χ0n) is 9.59. The Hall–Kier alpha value is -2.48. The molecule has 0 fully saturated rings. The molecule has 2 nitrogen and oxygen atoms in total. The van der Waals surface area contributed by atoms with Crippen LogP contribution >= 0.6 is 0 Å². The summed E-state index contributed by atoms with van der Waals surface area (Å²) in [7, 11) is 0. The topological polar surface area (TPSA) is 34.1 Å². The van der Waals surface area contributed by atoms with Gasteiger partial charge in [0, 0.05) is 11.1 Å². The van der Waals surface area contributed by atoms with E-state index in [0.29, 0.717) is 11.1 Å². The third-order valence-corrected chi connectivity index (χ3v) is 3.18. The van der Waals surface area contributed by atoms with Gasteiger partial charge in [-0.25, -0.2) is 0 Å². The highest BCUT2D eigenvalue weighted by Crippen LogP contribution is 2.27. The molecule has 0 bridgehead atoms. The number of fused-ring (bicyclic) bond motifs is 2. The van der Waals surface area contributed by atoms with Crippen LogP contribution in [0.15, 0.2) is 48.5 Å². The van der Waals surface area contributed by atoms with Crippen molar-refractivity contribution in [1.82, 2.24) is 0 Å². The predicted molar refractivity (Wildman–Crippen MR) is 72.2 cm³/mol. The molecule has 0 unspecified atom stereocenters. The SMILES string of the molecule is O=Cc1ccc2c(C=O)c3ccccc3cc2c1. The summed E-state index contributed by atoms with van der Waals surface area (Å²) in [5.41, 5.74) is 1.30. The van der Waals surface area contributed by atoms with Crippen molar-refractivity contribution in [3.05, 3.63) is 59.7 Å². The maximum absolute atomic E-state index is 11.3. The van der Waals surface area contributed by atoms with Gasteiger partial charge in [-0.2, -0.15) is 0 Å². The van der Waals surface area contributed by atoms with Crippen LogP contribution in [0.2, 0.25) is 0 Å². The highest BCUT2D eigenvalue weighted by Gasteiger charge is 2.06. The molecule has 3 aromatic rings. The van der Waals surface area contributed by atoms with Crippen molar-refractivity contribution < 1.29 is 9.59 Å². The van der Waals surface area contributed by atoms with Crippen molar-refractivity contribution in [2.75, 3.05) is 0 Å². The number of aldehydes is 2. The second-order valence-electron chi connectivity index (χ2n) is 4.23. The summed E-state index contributed by atoms with van der Waals surface area (Å²) in [6.45, 7) is 0. The number of carbonyl (C=O) groups excluding carboxylic acids is 2. The van der Waals surface area contributed by atoms with Crippen LogP contribution in [0.3, 0.4) is 0 Å². The lowest BCUT2D eigenvalue weighted by Gasteiger charge is -2.07. The van der Waals surface area contributed by atoms with Gasteiger partial charge in [0.05, 0.1) is 0 Å². The molecule has 0 spiro atoms. The second kappa shape index (κ2) is 4.08. The fourth-order valence-corrected chi connectivity index (χ4v) is 2.33. The van der Waals surface area contributed by atoms with E-state index in [1.165, 1.54) is 0 Å². The maximum atomic E-state index is 11.3. The lowest BCUT2D eigenvalue weighted by Crippen LogP contribution is -1.89. The molecule has 0 radical (unpaired) electrons. The molecule has 0 amide bonds.